The van der Waals surface area contributed by atoms with Gasteiger partial charge < -0.3 is 5.32 Å². The predicted octanol–water partition coefficient (Wildman–Crippen LogP) is 4.67. The molecule has 0 aliphatic carbocycles. The molecule has 0 fully saturated rings. The van der Waals surface area contributed by atoms with Crippen molar-refractivity contribution < 1.29 is 0 Å². The first-order valence-corrected chi connectivity index (χ1v) is 7.12. The number of aromatic nitrogens is 1. The Morgan fingerprint density at radius 3 is 2.48 bits per heavy atom. The Morgan fingerprint density at radius 2 is 1.67 bits per heavy atom. The van der Waals surface area contributed by atoms with Crippen LogP contribution in [0.5, 0.6) is 0 Å². The van der Waals surface area contributed by atoms with Gasteiger partial charge in [-0.2, -0.15) is 0 Å². The van der Waals surface area contributed by atoms with E-state index in [0.29, 0.717) is 0 Å². The number of aryl methyl sites for hydroxylation is 1. The van der Waals surface area contributed by atoms with E-state index in [1.54, 1.807) is 0 Å². The van der Waals surface area contributed by atoms with E-state index >= 15 is 0 Å². The summed E-state index contributed by atoms with van der Waals surface area (Å²) in [5.41, 5.74) is 6.07. The van der Waals surface area contributed by atoms with Gasteiger partial charge in [-0.1, -0.05) is 48.5 Å². The molecule has 0 amide bonds. The number of anilines is 1. The average Bonchev–Trinajstić information content (AvgIpc) is 2.55. The van der Waals surface area contributed by atoms with Gasteiger partial charge in [-0.05, 0) is 35.7 Å². The first kappa shape index (κ1) is 13.4. The number of benzene rings is 2. The molecule has 0 aliphatic rings. The first-order valence-electron chi connectivity index (χ1n) is 7.12. The molecule has 0 saturated heterocycles. The highest BCUT2D eigenvalue weighted by Gasteiger charge is 2.04. The van der Waals surface area contributed by atoms with Crippen molar-refractivity contribution >= 4 is 5.69 Å². The second kappa shape index (κ2) is 6.23. The van der Waals surface area contributed by atoms with Crippen LogP contribution in [0.1, 0.15) is 11.1 Å². The molecule has 0 spiro atoms. The van der Waals surface area contributed by atoms with Gasteiger partial charge in [0.25, 0.3) is 0 Å². The number of hydrogen-bond acceptors (Lipinski definition) is 2. The molecule has 2 heteroatoms. The number of nitrogens with zero attached hydrogens (tertiary/aromatic N) is 1. The summed E-state index contributed by atoms with van der Waals surface area (Å²) in [5, 5.41) is 3.53. The van der Waals surface area contributed by atoms with Gasteiger partial charge in [0.15, 0.2) is 0 Å². The van der Waals surface area contributed by atoms with E-state index in [0.717, 1.165) is 12.2 Å². The van der Waals surface area contributed by atoms with Crippen molar-refractivity contribution in [2.75, 3.05) is 5.32 Å². The van der Waals surface area contributed by atoms with E-state index in [2.05, 4.69) is 65.8 Å². The number of rotatable bonds is 4. The maximum Gasteiger partial charge on any atom is 0.0422 e. The molecule has 0 saturated carbocycles. The monoisotopic (exact) mass is 274 g/mol. The standard InChI is InChI=1S/C19H18N2/c1-15-11-12-20-13-17(15)14-21-19-10-6-5-9-18(19)16-7-3-2-4-8-16/h2-13,21H,14H2,1H3. The quantitative estimate of drug-likeness (QED) is 0.748. The van der Waals surface area contributed by atoms with E-state index in [1.165, 1.54) is 22.3 Å². The summed E-state index contributed by atoms with van der Waals surface area (Å²) in [4.78, 5) is 4.20. The van der Waals surface area contributed by atoms with Crippen molar-refractivity contribution in [2.24, 2.45) is 0 Å². The summed E-state index contributed by atoms with van der Waals surface area (Å²) in [6, 6.07) is 20.9. The molecule has 0 aliphatic heterocycles. The fourth-order valence-corrected chi connectivity index (χ4v) is 2.38. The highest BCUT2D eigenvalue weighted by atomic mass is 14.9. The van der Waals surface area contributed by atoms with Gasteiger partial charge in [0, 0.05) is 30.2 Å². The van der Waals surface area contributed by atoms with Crippen LogP contribution in [0.25, 0.3) is 11.1 Å². The van der Waals surface area contributed by atoms with Crippen molar-refractivity contribution in [3.63, 3.8) is 0 Å². The van der Waals surface area contributed by atoms with Crippen LogP contribution in [-0.2, 0) is 6.54 Å². The third-order valence-electron chi connectivity index (χ3n) is 3.63. The normalized spacial score (nSPS) is 10.3. The minimum atomic E-state index is 0.781. The lowest BCUT2D eigenvalue weighted by molar-refractivity contribution is 1.08. The number of hydrogen-bond donors (Lipinski definition) is 1. The second-order valence-corrected chi connectivity index (χ2v) is 5.07. The van der Waals surface area contributed by atoms with Crippen molar-refractivity contribution in [1.82, 2.24) is 4.98 Å². The minimum Gasteiger partial charge on any atom is -0.380 e. The Balaban J connectivity index is 1.85. The Bertz CT molecular complexity index is 720. The molecule has 2 nitrogen and oxygen atoms in total. The molecule has 2 aromatic carbocycles. The Morgan fingerprint density at radius 1 is 0.905 bits per heavy atom. The molecule has 0 unspecified atom stereocenters. The van der Waals surface area contributed by atoms with Crippen molar-refractivity contribution in [1.29, 1.82) is 0 Å². The number of pyridine rings is 1. The van der Waals surface area contributed by atoms with Crippen LogP contribution in [0.4, 0.5) is 5.69 Å². The van der Waals surface area contributed by atoms with E-state index < -0.39 is 0 Å². The molecule has 3 rings (SSSR count). The van der Waals surface area contributed by atoms with Gasteiger partial charge in [-0.3, -0.25) is 4.98 Å². The molecule has 21 heavy (non-hydrogen) atoms. The lowest BCUT2D eigenvalue weighted by Crippen LogP contribution is -2.03. The molecule has 0 bridgehead atoms. The Hall–Kier alpha value is -2.61. The summed E-state index contributed by atoms with van der Waals surface area (Å²) in [6.45, 7) is 2.89. The van der Waals surface area contributed by atoms with Crippen LogP contribution in [0.3, 0.4) is 0 Å². The number of para-hydroxylation sites is 1. The van der Waals surface area contributed by atoms with Gasteiger partial charge in [0.05, 0.1) is 0 Å². The Labute approximate surface area is 125 Å². The van der Waals surface area contributed by atoms with Gasteiger partial charge in [-0.15, -0.1) is 0 Å². The largest absolute Gasteiger partial charge is 0.380 e. The molecule has 0 atom stereocenters. The molecule has 1 N–H and O–H groups in total. The smallest absolute Gasteiger partial charge is 0.0422 e. The SMILES string of the molecule is Cc1ccncc1CNc1ccccc1-c1ccccc1. The van der Waals surface area contributed by atoms with Crippen LogP contribution >= 0.6 is 0 Å². The van der Waals surface area contributed by atoms with E-state index in [9.17, 15) is 0 Å². The first-order chi connectivity index (χ1) is 10.3. The Kier molecular flexibility index (Phi) is 3.97. The van der Waals surface area contributed by atoms with Crippen LogP contribution < -0.4 is 5.32 Å². The number of nitrogens with one attached hydrogen (secondary N) is 1. The van der Waals surface area contributed by atoms with Crippen LogP contribution in [0, 0.1) is 6.92 Å². The zero-order valence-corrected chi connectivity index (χ0v) is 12.1. The summed E-state index contributed by atoms with van der Waals surface area (Å²) in [5.74, 6) is 0. The molecule has 3 aromatic rings. The maximum absolute atomic E-state index is 4.20. The van der Waals surface area contributed by atoms with E-state index in [-0.39, 0.29) is 0 Å². The van der Waals surface area contributed by atoms with Crippen molar-refractivity contribution in [3.05, 3.63) is 84.2 Å². The second-order valence-electron chi connectivity index (χ2n) is 5.07. The van der Waals surface area contributed by atoms with Gasteiger partial charge in [0.2, 0.25) is 0 Å². The summed E-state index contributed by atoms with van der Waals surface area (Å²) in [7, 11) is 0. The average molecular weight is 274 g/mol. The minimum absolute atomic E-state index is 0.781. The van der Waals surface area contributed by atoms with Crippen molar-refractivity contribution in [2.45, 2.75) is 13.5 Å². The molecule has 1 heterocycles. The zero-order valence-electron chi connectivity index (χ0n) is 12.1. The van der Waals surface area contributed by atoms with Crippen LogP contribution in [0.15, 0.2) is 73.1 Å². The highest BCUT2D eigenvalue weighted by molar-refractivity contribution is 5.77. The third kappa shape index (κ3) is 3.11. The summed E-state index contributed by atoms with van der Waals surface area (Å²) >= 11 is 0. The lowest BCUT2D eigenvalue weighted by atomic mass is 10.0. The van der Waals surface area contributed by atoms with Crippen LogP contribution in [-0.4, -0.2) is 4.98 Å². The van der Waals surface area contributed by atoms with Gasteiger partial charge in [0.1, 0.15) is 0 Å². The third-order valence-corrected chi connectivity index (χ3v) is 3.63. The lowest BCUT2D eigenvalue weighted by Gasteiger charge is -2.13. The van der Waals surface area contributed by atoms with Crippen molar-refractivity contribution in [3.8, 4) is 11.1 Å². The maximum atomic E-state index is 4.20. The fourth-order valence-electron chi connectivity index (χ4n) is 2.38. The topological polar surface area (TPSA) is 24.9 Å². The van der Waals surface area contributed by atoms with Gasteiger partial charge in [-0.25, -0.2) is 0 Å². The van der Waals surface area contributed by atoms with E-state index in [1.807, 2.05) is 24.5 Å². The molecular formula is C19H18N2. The molecule has 1 aromatic heterocycles. The molecule has 104 valence electrons. The van der Waals surface area contributed by atoms with Crippen LogP contribution in [0.2, 0.25) is 0 Å². The molecule has 0 radical (unpaired) electrons. The highest BCUT2D eigenvalue weighted by Crippen LogP contribution is 2.27. The van der Waals surface area contributed by atoms with Gasteiger partial charge >= 0.3 is 0 Å². The van der Waals surface area contributed by atoms with E-state index in [4.69, 9.17) is 0 Å². The fraction of sp³-hybridized carbons (Fsp3) is 0.105. The molecular weight excluding hydrogens is 256 g/mol. The summed E-state index contributed by atoms with van der Waals surface area (Å²) < 4.78 is 0. The zero-order chi connectivity index (χ0) is 14.5. The summed E-state index contributed by atoms with van der Waals surface area (Å²) in [6.07, 6.45) is 3.75. The predicted molar refractivity (Wildman–Crippen MR) is 88.2 cm³/mol.